The normalized spacial score (nSPS) is 15.1. The number of nitrogens with two attached hydrogens (primary N) is 1. The summed E-state index contributed by atoms with van der Waals surface area (Å²) in [5, 5.41) is 8.41. The van der Waals surface area contributed by atoms with Crippen LogP contribution in [0.3, 0.4) is 0 Å². The Bertz CT molecular complexity index is 1540. The number of anilines is 1. The number of carbonyl (C=O) groups excluding carboxylic acids is 2. The molecule has 46 heavy (non-hydrogen) atoms. The van der Waals surface area contributed by atoms with Crippen molar-refractivity contribution in [3.8, 4) is 0 Å². The average molecular weight is 690 g/mol. The Balaban J connectivity index is 1.64. The number of alkyl halides is 3. The van der Waals surface area contributed by atoms with Gasteiger partial charge in [-0.05, 0) is 75.6 Å². The van der Waals surface area contributed by atoms with Gasteiger partial charge in [0, 0.05) is 22.8 Å². The standard InChI is InChI=1S/C28H35ClF3N7O6S/c1-26(2,3)45-25(41)34-14-15-46(42,43)39-22(40)18-4-10-21(11-5-18)36-24(35-17-44-16-28(30,31)32)37-23(33)38-27(12-13-27)19-6-8-20(29)9-7-19/h4-11H,12-17H2,1-3H3,(H,34,41)(H,39,40)(H4,33,35,36,37,38). The number of nitrogens with zero attached hydrogens (tertiary/aromatic N) is 2. The third-order valence-electron chi connectivity index (χ3n) is 5.96. The van der Waals surface area contributed by atoms with Gasteiger partial charge in [0.2, 0.25) is 16.0 Å². The molecule has 1 aliphatic carbocycles. The van der Waals surface area contributed by atoms with Crippen molar-refractivity contribution in [2.75, 3.05) is 31.0 Å². The molecule has 0 aromatic heterocycles. The van der Waals surface area contributed by atoms with E-state index in [-0.39, 0.29) is 24.0 Å². The van der Waals surface area contributed by atoms with Crippen LogP contribution in [0.4, 0.5) is 23.7 Å². The Morgan fingerprint density at radius 1 is 1.04 bits per heavy atom. The van der Waals surface area contributed by atoms with E-state index in [0.717, 1.165) is 5.56 Å². The van der Waals surface area contributed by atoms with Gasteiger partial charge >= 0.3 is 12.3 Å². The number of ether oxygens (including phenoxy) is 2. The quantitative estimate of drug-likeness (QED) is 0.133. The second-order valence-electron chi connectivity index (χ2n) is 11.1. The second-order valence-corrected chi connectivity index (χ2v) is 13.4. The zero-order chi connectivity index (χ0) is 34.2. The van der Waals surface area contributed by atoms with Crippen molar-refractivity contribution in [3.05, 3.63) is 64.7 Å². The second kappa shape index (κ2) is 15.0. The third-order valence-corrected chi connectivity index (χ3v) is 7.45. The minimum Gasteiger partial charge on any atom is -0.444 e. The van der Waals surface area contributed by atoms with E-state index in [9.17, 15) is 31.2 Å². The van der Waals surface area contributed by atoms with Crippen LogP contribution in [0.5, 0.6) is 0 Å². The van der Waals surface area contributed by atoms with Gasteiger partial charge in [-0.1, -0.05) is 23.7 Å². The molecule has 0 heterocycles. The monoisotopic (exact) mass is 689 g/mol. The summed E-state index contributed by atoms with van der Waals surface area (Å²) >= 11 is 5.98. The molecule has 1 fully saturated rings. The topological polar surface area (TPSA) is 186 Å². The molecule has 1 saturated carbocycles. The fourth-order valence-electron chi connectivity index (χ4n) is 3.80. The van der Waals surface area contributed by atoms with Crippen molar-refractivity contribution in [1.29, 1.82) is 0 Å². The van der Waals surface area contributed by atoms with E-state index in [1.54, 1.807) is 32.9 Å². The minimum atomic E-state index is -4.55. The summed E-state index contributed by atoms with van der Waals surface area (Å²) in [5.41, 5.74) is 5.96. The predicted molar refractivity (Wildman–Crippen MR) is 167 cm³/mol. The van der Waals surface area contributed by atoms with Crippen molar-refractivity contribution in [2.24, 2.45) is 15.7 Å². The van der Waals surface area contributed by atoms with Crippen molar-refractivity contribution in [1.82, 2.24) is 15.4 Å². The smallest absolute Gasteiger partial charge is 0.411 e. The number of carbonyl (C=O) groups is 2. The molecule has 0 unspecified atom stereocenters. The van der Waals surface area contributed by atoms with E-state index in [2.05, 4.69) is 30.7 Å². The van der Waals surface area contributed by atoms with Gasteiger partial charge in [0.05, 0.1) is 11.3 Å². The van der Waals surface area contributed by atoms with E-state index < -0.39 is 58.4 Å². The van der Waals surface area contributed by atoms with Gasteiger partial charge in [-0.2, -0.15) is 13.2 Å². The lowest BCUT2D eigenvalue weighted by Crippen LogP contribution is -2.42. The minimum absolute atomic E-state index is 0.0195. The lowest BCUT2D eigenvalue weighted by Gasteiger charge is -2.19. The Hall–Kier alpha value is -4.09. The number of aliphatic imine (C=N–C) groups is 2. The lowest BCUT2D eigenvalue weighted by atomic mass is 10.1. The molecule has 252 valence electrons. The number of hydrogen-bond acceptors (Lipinski definition) is 8. The Kier molecular flexibility index (Phi) is 11.9. The van der Waals surface area contributed by atoms with Crippen LogP contribution in [-0.2, 0) is 25.0 Å². The Morgan fingerprint density at radius 3 is 2.24 bits per heavy atom. The molecule has 2 aromatic carbocycles. The first-order chi connectivity index (χ1) is 21.3. The Labute approximate surface area is 269 Å². The summed E-state index contributed by atoms with van der Waals surface area (Å²) in [6, 6.07) is 12.5. The molecule has 0 aliphatic heterocycles. The zero-order valence-corrected chi connectivity index (χ0v) is 26.8. The number of alkyl carbamates (subject to hydrolysis) is 1. The molecular formula is C28H35ClF3N7O6S. The van der Waals surface area contributed by atoms with E-state index in [1.165, 1.54) is 24.3 Å². The predicted octanol–water partition coefficient (Wildman–Crippen LogP) is 3.82. The van der Waals surface area contributed by atoms with Crippen LogP contribution in [-0.4, -0.2) is 69.7 Å². The molecule has 13 nitrogen and oxygen atoms in total. The van der Waals surface area contributed by atoms with E-state index in [4.69, 9.17) is 22.1 Å². The summed E-state index contributed by atoms with van der Waals surface area (Å²) in [5.74, 6) is -1.68. The van der Waals surface area contributed by atoms with Gasteiger partial charge in [0.1, 0.15) is 18.9 Å². The van der Waals surface area contributed by atoms with Crippen LogP contribution < -0.4 is 26.4 Å². The number of nitrogens with one attached hydrogen (secondary N) is 4. The van der Waals surface area contributed by atoms with Crippen LogP contribution >= 0.6 is 11.6 Å². The summed E-state index contributed by atoms with van der Waals surface area (Å²) < 4.78 is 73.7. The van der Waals surface area contributed by atoms with Gasteiger partial charge in [0.15, 0.2) is 5.96 Å². The van der Waals surface area contributed by atoms with Crippen LogP contribution in [0, 0.1) is 0 Å². The number of halogens is 4. The van der Waals surface area contributed by atoms with Crippen molar-refractivity contribution in [2.45, 2.75) is 50.9 Å². The van der Waals surface area contributed by atoms with Crippen LogP contribution in [0.25, 0.3) is 0 Å². The number of guanidine groups is 2. The highest BCUT2D eigenvalue weighted by atomic mass is 35.5. The van der Waals surface area contributed by atoms with Crippen molar-refractivity contribution in [3.63, 3.8) is 0 Å². The first kappa shape index (κ1) is 36.4. The van der Waals surface area contributed by atoms with Gasteiger partial charge in [0.25, 0.3) is 5.91 Å². The third kappa shape index (κ3) is 12.7. The maximum Gasteiger partial charge on any atom is 0.411 e. The molecule has 1 aliphatic rings. The number of benzene rings is 2. The van der Waals surface area contributed by atoms with Gasteiger partial charge in [-0.25, -0.2) is 27.9 Å². The molecule has 6 N–H and O–H groups in total. The number of sulfonamides is 1. The highest BCUT2D eigenvalue weighted by molar-refractivity contribution is 7.90. The molecular weight excluding hydrogens is 655 g/mol. The zero-order valence-electron chi connectivity index (χ0n) is 25.2. The van der Waals surface area contributed by atoms with Crippen LogP contribution in [0.2, 0.25) is 5.02 Å². The first-order valence-corrected chi connectivity index (χ1v) is 15.8. The number of hydrogen-bond donors (Lipinski definition) is 5. The fourth-order valence-corrected chi connectivity index (χ4v) is 4.80. The highest BCUT2D eigenvalue weighted by Crippen LogP contribution is 2.49. The summed E-state index contributed by atoms with van der Waals surface area (Å²) in [7, 11) is -4.11. The fraction of sp³-hybridized carbons (Fsp3) is 0.429. The molecule has 0 radical (unpaired) electrons. The van der Waals surface area contributed by atoms with E-state index >= 15 is 0 Å². The van der Waals surface area contributed by atoms with Gasteiger partial charge < -0.3 is 25.8 Å². The summed E-state index contributed by atoms with van der Waals surface area (Å²) in [6.07, 6.45) is -3.93. The largest absolute Gasteiger partial charge is 0.444 e. The van der Waals surface area contributed by atoms with E-state index in [1.807, 2.05) is 16.9 Å². The molecule has 3 rings (SSSR count). The first-order valence-electron chi connectivity index (χ1n) is 13.8. The van der Waals surface area contributed by atoms with E-state index in [0.29, 0.717) is 23.6 Å². The number of amides is 2. The maximum atomic E-state index is 12.5. The van der Waals surface area contributed by atoms with Crippen molar-refractivity contribution < 1.29 is 40.7 Å². The molecule has 0 bridgehead atoms. The molecule has 0 atom stereocenters. The summed E-state index contributed by atoms with van der Waals surface area (Å²) in [4.78, 5) is 32.7. The molecule has 2 amide bonds. The lowest BCUT2D eigenvalue weighted by molar-refractivity contribution is -0.173. The van der Waals surface area contributed by atoms with Crippen LogP contribution in [0.15, 0.2) is 58.5 Å². The number of rotatable bonds is 11. The molecule has 2 aromatic rings. The SMILES string of the molecule is CC(C)(C)OC(=O)NCCS(=O)(=O)NC(=O)c1ccc(NC(=NCOCC(F)(F)F)NC(N)=NC2(c3ccc(Cl)cc3)CC2)cc1. The average Bonchev–Trinajstić information content (AvgIpc) is 3.70. The highest BCUT2D eigenvalue weighted by Gasteiger charge is 2.44. The van der Waals surface area contributed by atoms with Gasteiger partial charge in [-0.3, -0.25) is 10.1 Å². The maximum absolute atomic E-state index is 12.5. The van der Waals surface area contributed by atoms with Gasteiger partial charge in [-0.15, -0.1) is 0 Å². The molecule has 0 spiro atoms. The summed E-state index contributed by atoms with van der Waals surface area (Å²) in [6.45, 7) is 2.47. The van der Waals surface area contributed by atoms with Crippen molar-refractivity contribution >= 4 is 51.2 Å². The molecule has 0 saturated heterocycles. The Morgan fingerprint density at radius 2 is 1.67 bits per heavy atom. The molecule has 18 heteroatoms. The van der Waals surface area contributed by atoms with Crippen LogP contribution in [0.1, 0.15) is 49.5 Å².